The SMILES string of the molecule is CCN(CC)C(=O)c1ccc(-c2cn(CC3CCOCC3)c(C(C)(C)C)n2)s1. The van der Waals surface area contributed by atoms with E-state index in [1.165, 1.54) is 0 Å². The Morgan fingerprint density at radius 3 is 2.54 bits per heavy atom. The Morgan fingerprint density at radius 2 is 1.93 bits per heavy atom. The van der Waals surface area contributed by atoms with E-state index < -0.39 is 0 Å². The minimum atomic E-state index is -0.0272. The van der Waals surface area contributed by atoms with E-state index in [-0.39, 0.29) is 11.3 Å². The average molecular weight is 404 g/mol. The number of ether oxygens (including phenoxy) is 1. The Morgan fingerprint density at radius 1 is 1.25 bits per heavy atom. The molecule has 3 rings (SSSR count). The van der Waals surface area contributed by atoms with Crippen molar-refractivity contribution >= 4 is 17.2 Å². The van der Waals surface area contributed by atoms with Crippen molar-refractivity contribution < 1.29 is 9.53 Å². The minimum absolute atomic E-state index is 0.0272. The van der Waals surface area contributed by atoms with Gasteiger partial charge in [-0.25, -0.2) is 4.98 Å². The van der Waals surface area contributed by atoms with Crippen LogP contribution in [0.4, 0.5) is 0 Å². The number of hydrogen-bond donors (Lipinski definition) is 0. The monoisotopic (exact) mass is 403 g/mol. The second kappa shape index (κ2) is 8.78. The van der Waals surface area contributed by atoms with Crippen molar-refractivity contribution in [1.29, 1.82) is 0 Å². The lowest BCUT2D eigenvalue weighted by Gasteiger charge is -2.25. The van der Waals surface area contributed by atoms with Gasteiger partial charge < -0.3 is 14.2 Å². The van der Waals surface area contributed by atoms with Gasteiger partial charge in [0.25, 0.3) is 5.91 Å². The second-order valence-electron chi connectivity index (χ2n) is 8.55. The molecule has 0 aliphatic carbocycles. The summed E-state index contributed by atoms with van der Waals surface area (Å²) in [6.45, 7) is 14.8. The molecule has 0 spiro atoms. The van der Waals surface area contributed by atoms with Crippen molar-refractivity contribution in [2.24, 2.45) is 5.92 Å². The number of nitrogens with zero attached hydrogens (tertiary/aromatic N) is 3. The third-order valence-corrected chi connectivity index (χ3v) is 6.46. The van der Waals surface area contributed by atoms with Crippen molar-refractivity contribution in [3.05, 3.63) is 29.0 Å². The number of carbonyl (C=O) groups excluding carboxylic acids is 1. The van der Waals surface area contributed by atoms with Crippen LogP contribution in [0.1, 0.15) is 63.0 Å². The van der Waals surface area contributed by atoms with Crippen LogP contribution in [0.5, 0.6) is 0 Å². The summed E-state index contributed by atoms with van der Waals surface area (Å²) in [5, 5.41) is 0. The van der Waals surface area contributed by atoms with Gasteiger partial charge in [0.05, 0.1) is 15.4 Å². The Balaban J connectivity index is 1.87. The van der Waals surface area contributed by atoms with Gasteiger partial charge in [-0.1, -0.05) is 20.8 Å². The molecule has 154 valence electrons. The van der Waals surface area contributed by atoms with Gasteiger partial charge in [-0.15, -0.1) is 11.3 Å². The zero-order valence-electron chi connectivity index (χ0n) is 17.8. The maximum absolute atomic E-state index is 12.6. The van der Waals surface area contributed by atoms with Gasteiger partial charge in [-0.3, -0.25) is 4.79 Å². The summed E-state index contributed by atoms with van der Waals surface area (Å²) in [6.07, 6.45) is 4.39. The van der Waals surface area contributed by atoms with Crippen LogP contribution in [0, 0.1) is 5.92 Å². The average Bonchev–Trinajstić information content (AvgIpc) is 3.30. The first-order chi connectivity index (χ1) is 13.3. The Labute approximate surface area is 172 Å². The molecule has 1 fully saturated rings. The maximum atomic E-state index is 12.6. The molecular weight excluding hydrogens is 370 g/mol. The third-order valence-electron chi connectivity index (χ3n) is 5.36. The molecule has 2 aromatic heterocycles. The quantitative estimate of drug-likeness (QED) is 0.695. The molecule has 0 saturated carbocycles. The third kappa shape index (κ3) is 4.66. The summed E-state index contributed by atoms with van der Waals surface area (Å²) in [7, 11) is 0. The van der Waals surface area contributed by atoms with Crippen LogP contribution in [0.15, 0.2) is 18.3 Å². The minimum Gasteiger partial charge on any atom is -0.381 e. The summed E-state index contributed by atoms with van der Waals surface area (Å²) < 4.78 is 7.84. The number of hydrogen-bond acceptors (Lipinski definition) is 4. The number of carbonyl (C=O) groups is 1. The smallest absolute Gasteiger partial charge is 0.263 e. The molecule has 0 bridgehead atoms. The maximum Gasteiger partial charge on any atom is 0.263 e. The molecule has 28 heavy (non-hydrogen) atoms. The van der Waals surface area contributed by atoms with Crippen LogP contribution in [0.2, 0.25) is 0 Å². The summed E-state index contributed by atoms with van der Waals surface area (Å²) >= 11 is 1.54. The highest BCUT2D eigenvalue weighted by atomic mass is 32.1. The van der Waals surface area contributed by atoms with E-state index in [0.717, 1.165) is 67.0 Å². The topological polar surface area (TPSA) is 47.4 Å². The van der Waals surface area contributed by atoms with Gasteiger partial charge in [-0.05, 0) is 44.7 Å². The van der Waals surface area contributed by atoms with E-state index in [9.17, 15) is 4.79 Å². The molecule has 0 aromatic carbocycles. The highest BCUT2D eigenvalue weighted by Gasteiger charge is 2.25. The largest absolute Gasteiger partial charge is 0.381 e. The molecule has 0 atom stereocenters. The van der Waals surface area contributed by atoms with E-state index in [2.05, 4.69) is 31.5 Å². The molecule has 1 saturated heterocycles. The fourth-order valence-electron chi connectivity index (χ4n) is 3.74. The number of thiophene rings is 1. The van der Waals surface area contributed by atoms with E-state index >= 15 is 0 Å². The second-order valence-corrected chi connectivity index (χ2v) is 9.63. The number of amides is 1. The van der Waals surface area contributed by atoms with E-state index in [1.807, 2.05) is 30.9 Å². The summed E-state index contributed by atoms with van der Waals surface area (Å²) in [5.41, 5.74) is 0.946. The Hall–Kier alpha value is -1.66. The van der Waals surface area contributed by atoms with Gasteiger partial charge in [0.1, 0.15) is 5.82 Å². The van der Waals surface area contributed by atoms with Crippen LogP contribution in [0.3, 0.4) is 0 Å². The number of rotatable bonds is 6. The predicted molar refractivity (Wildman–Crippen MR) is 115 cm³/mol. The molecule has 3 heterocycles. The highest BCUT2D eigenvalue weighted by Crippen LogP contribution is 2.32. The number of aromatic nitrogens is 2. The Kier molecular flexibility index (Phi) is 6.61. The zero-order chi connectivity index (χ0) is 20.3. The van der Waals surface area contributed by atoms with E-state index in [0.29, 0.717) is 5.92 Å². The summed E-state index contributed by atoms with van der Waals surface area (Å²) in [4.78, 5) is 21.3. The lowest BCUT2D eigenvalue weighted by molar-refractivity contribution is 0.0607. The first-order valence-electron chi connectivity index (χ1n) is 10.4. The van der Waals surface area contributed by atoms with Gasteiger partial charge in [-0.2, -0.15) is 0 Å². The van der Waals surface area contributed by atoms with Gasteiger partial charge in [0.15, 0.2) is 0 Å². The van der Waals surface area contributed by atoms with E-state index in [1.54, 1.807) is 11.3 Å². The molecule has 0 radical (unpaired) electrons. The highest BCUT2D eigenvalue weighted by molar-refractivity contribution is 7.17. The van der Waals surface area contributed by atoms with Gasteiger partial charge >= 0.3 is 0 Å². The molecular formula is C22H33N3O2S. The van der Waals surface area contributed by atoms with Crippen molar-refractivity contribution in [3.63, 3.8) is 0 Å². The van der Waals surface area contributed by atoms with Gasteiger partial charge in [0.2, 0.25) is 0 Å². The fourth-order valence-corrected chi connectivity index (χ4v) is 4.67. The Bertz CT molecular complexity index is 793. The normalized spacial score (nSPS) is 15.8. The molecule has 0 N–H and O–H groups in total. The molecule has 1 amide bonds. The van der Waals surface area contributed by atoms with Crippen LogP contribution < -0.4 is 0 Å². The molecule has 6 heteroatoms. The first-order valence-corrected chi connectivity index (χ1v) is 11.2. The van der Waals surface area contributed by atoms with E-state index in [4.69, 9.17) is 9.72 Å². The van der Waals surface area contributed by atoms with Crippen LogP contribution in [-0.2, 0) is 16.7 Å². The van der Waals surface area contributed by atoms with Gasteiger partial charge in [0, 0.05) is 44.5 Å². The molecule has 0 unspecified atom stereocenters. The van der Waals surface area contributed by atoms with Crippen molar-refractivity contribution in [2.75, 3.05) is 26.3 Å². The number of imidazole rings is 1. The van der Waals surface area contributed by atoms with Crippen molar-refractivity contribution in [3.8, 4) is 10.6 Å². The lowest BCUT2D eigenvalue weighted by Crippen LogP contribution is -2.29. The molecule has 1 aliphatic heterocycles. The first kappa shape index (κ1) is 21.1. The fraction of sp³-hybridized carbons (Fsp3) is 0.636. The molecule has 5 nitrogen and oxygen atoms in total. The van der Waals surface area contributed by atoms with Crippen LogP contribution >= 0.6 is 11.3 Å². The van der Waals surface area contributed by atoms with Crippen LogP contribution in [0.25, 0.3) is 10.6 Å². The van der Waals surface area contributed by atoms with Crippen molar-refractivity contribution in [1.82, 2.24) is 14.5 Å². The summed E-state index contributed by atoms with van der Waals surface area (Å²) in [5.74, 6) is 1.86. The van der Waals surface area contributed by atoms with Crippen LogP contribution in [-0.4, -0.2) is 46.7 Å². The lowest BCUT2D eigenvalue weighted by atomic mass is 9.94. The predicted octanol–water partition coefficient (Wildman–Crippen LogP) is 4.82. The molecule has 2 aromatic rings. The van der Waals surface area contributed by atoms with Crippen molar-refractivity contribution in [2.45, 2.75) is 59.4 Å². The summed E-state index contributed by atoms with van der Waals surface area (Å²) in [6, 6.07) is 3.98. The molecule has 1 aliphatic rings. The standard InChI is InChI=1S/C22H33N3O2S/c1-6-24(7-2)20(26)19-9-8-18(28-19)17-15-25(21(23-17)22(3,4)5)14-16-10-12-27-13-11-16/h8-9,15-16H,6-7,10-14H2,1-5H3. The zero-order valence-corrected chi connectivity index (χ0v) is 18.6.